The lowest BCUT2D eigenvalue weighted by molar-refractivity contribution is -0.151. The van der Waals surface area contributed by atoms with Crippen LogP contribution in [0.4, 0.5) is 0 Å². The molecule has 5 heteroatoms. The normalized spacial score (nSPS) is 27.1. The van der Waals surface area contributed by atoms with E-state index in [1.54, 1.807) is 0 Å². The molecule has 3 rings (SSSR count). The van der Waals surface area contributed by atoms with E-state index in [0.29, 0.717) is 5.41 Å². The van der Waals surface area contributed by atoms with Crippen molar-refractivity contribution >= 4 is 21.9 Å². The standard InChI is InChI=1S/C17H22BrNO3/c18-14-3-1-2-13(10-14)17(22-11-15(20)21)5-4-16(12-17)6-8-19-9-7-16/h1-3,10,19H,4-9,11-12H2,(H,20,21). The van der Waals surface area contributed by atoms with Crippen LogP contribution in [0.3, 0.4) is 0 Å². The van der Waals surface area contributed by atoms with Crippen LogP contribution in [0.25, 0.3) is 0 Å². The lowest BCUT2D eigenvalue weighted by atomic mass is 9.75. The predicted molar refractivity (Wildman–Crippen MR) is 87.8 cm³/mol. The topological polar surface area (TPSA) is 58.6 Å². The van der Waals surface area contributed by atoms with Gasteiger partial charge in [0, 0.05) is 4.47 Å². The van der Waals surface area contributed by atoms with Crippen LogP contribution in [0, 0.1) is 5.41 Å². The SMILES string of the molecule is O=C(O)COC1(c2cccc(Br)c2)CCC2(CCNCC2)C1. The largest absolute Gasteiger partial charge is 0.480 e. The third-order valence-electron chi connectivity index (χ3n) is 5.21. The van der Waals surface area contributed by atoms with Gasteiger partial charge in [-0.25, -0.2) is 4.79 Å². The summed E-state index contributed by atoms with van der Waals surface area (Å²) in [6.07, 6.45) is 5.24. The molecule has 4 nitrogen and oxygen atoms in total. The summed E-state index contributed by atoms with van der Waals surface area (Å²) in [4.78, 5) is 11.0. The fourth-order valence-electron chi connectivity index (χ4n) is 4.06. The van der Waals surface area contributed by atoms with Crippen molar-refractivity contribution in [1.29, 1.82) is 0 Å². The van der Waals surface area contributed by atoms with E-state index < -0.39 is 11.6 Å². The molecule has 1 heterocycles. The fourth-order valence-corrected chi connectivity index (χ4v) is 4.46. The number of piperidine rings is 1. The Morgan fingerprint density at radius 1 is 1.27 bits per heavy atom. The summed E-state index contributed by atoms with van der Waals surface area (Å²) in [6.45, 7) is 1.86. The first-order chi connectivity index (χ1) is 10.5. The molecule has 2 N–H and O–H groups in total. The van der Waals surface area contributed by atoms with Gasteiger partial charge in [0.2, 0.25) is 0 Å². The van der Waals surface area contributed by atoms with Crippen molar-refractivity contribution in [2.75, 3.05) is 19.7 Å². The average molecular weight is 368 g/mol. The minimum atomic E-state index is -0.902. The first-order valence-corrected chi connectivity index (χ1v) is 8.66. The monoisotopic (exact) mass is 367 g/mol. The summed E-state index contributed by atoms with van der Waals surface area (Å²) in [6, 6.07) is 8.12. The van der Waals surface area contributed by atoms with Crippen LogP contribution in [0.15, 0.2) is 28.7 Å². The number of carboxylic acids is 1. The van der Waals surface area contributed by atoms with Crippen LogP contribution in [0.5, 0.6) is 0 Å². The molecule has 0 amide bonds. The Hall–Kier alpha value is -0.910. The van der Waals surface area contributed by atoms with Crippen molar-refractivity contribution in [3.8, 4) is 0 Å². The molecule has 1 spiro atoms. The van der Waals surface area contributed by atoms with E-state index >= 15 is 0 Å². The summed E-state index contributed by atoms with van der Waals surface area (Å²) >= 11 is 3.52. The minimum Gasteiger partial charge on any atom is -0.480 e. The van der Waals surface area contributed by atoms with E-state index in [2.05, 4.69) is 33.4 Å². The molecule has 2 aliphatic rings. The number of ether oxygens (including phenoxy) is 1. The molecule has 120 valence electrons. The molecule has 1 aromatic carbocycles. The van der Waals surface area contributed by atoms with Gasteiger partial charge in [0.05, 0.1) is 5.60 Å². The van der Waals surface area contributed by atoms with Crippen LogP contribution in [-0.4, -0.2) is 30.8 Å². The molecule has 1 aliphatic heterocycles. The number of carboxylic acid groups (broad SMARTS) is 1. The van der Waals surface area contributed by atoms with Crippen LogP contribution in [0.1, 0.15) is 37.7 Å². The number of aliphatic carboxylic acids is 1. The molecule has 0 radical (unpaired) electrons. The average Bonchev–Trinajstić information content (AvgIpc) is 2.86. The number of nitrogens with one attached hydrogen (secondary N) is 1. The van der Waals surface area contributed by atoms with Gasteiger partial charge in [-0.3, -0.25) is 0 Å². The maximum Gasteiger partial charge on any atom is 0.329 e. The highest BCUT2D eigenvalue weighted by molar-refractivity contribution is 9.10. The summed E-state index contributed by atoms with van der Waals surface area (Å²) in [5.74, 6) is -0.902. The molecule has 0 bridgehead atoms. The lowest BCUT2D eigenvalue weighted by Crippen LogP contribution is -2.37. The van der Waals surface area contributed by atoms with Gasteiger partial charge in [-0.2, -0.15) is 0 Å². The van der Waals surface area contributed by atoms with E-state index in [1.807, 2.05) is 12.1 Å². The van der Waals surface area contributed by atoms with Crippen LogP contribution in [0.2, 0.25) is 0 Å². The maximum absolute atomic E-state index is 11.0. The van der Waals surface area contributed by atoms with E-state index in [9.17, 15) is 4.79 Å². The number of hydrogen-bond donors (Lipinski definition) is 2. The summed E-state index contributed by atoms with van der Waals surface area (Å²) < 4.78 is 6.99. The van der Waals surface area contributed by atoms with Crippen molar-refractivity contribution in [2.24, 2.45) is 5.41 Å². The van der Waals surface area contributed by atoms with Crippen LogP contribution in [-0.2, 0) is 15.1 Å². The van der Waals surface area contributed by atoms with E-state index in [4.69, 9.17) is 9.84 Å². The second-order valence-corrected chi connectivity index (χ2v) is 7.53. The third-order valence-corrected chi connectivity index (χ3v) is 5.70. The van der Waals surface area contributed by atoms with E-state index in [1.165, 1.54) is 0 Å². The van der Waals surface area contributed by atoms with Crippen molar-refractivity contribution in [1.82, 2.24) is 5.32 Å². The molecular formula is C17H22BrNO3. The van der Waals surface area contributed by atoms with Crippen LogP contribution < -0.4 is 5.32 Å². The summed E-state index contributed by atoms with van der Waals surface area (Å²) in [7, 11) is 0. The molecule has 1 saturated heterocycles. The van der Waals surface area contributed by atoms with Gasteiger partial charge in [0.25, 0.3) is 0 Å². The zero-order valence-corrected chi connectivity index (χ0v) is 14.2. The Labute approximate surface area is 139 Å². The van der Waals surface area contributed by atoms with Gasteiger partial charge in [0.15, 0.2) is 0 Å². The summed E-state index contributed by atoms with van der Waals surface area (Å²) in [5.41, 5.74) is 0.935. The molecular weight excluding hydrogens is 346 g/mol. The molecule has 1 atom stereocenters. The van der Waals surface area contributed by atoms with Gasteiger partial charge >= 0.3 is 5.97 Å². The molecule has 2 fully saturated rings. The molecule has 1 saturated carbocycles. The van der Waals surface area contributed by atoms with Gasteiger partial charge < -0.3 is 15.2 Å². The van der Waals surface area contributed by atoms with Gasteiger partial charge in [-0.05, 0) is 68.3 Å². The molecule has 0 aromatic heterocycles. The van der Waals surface area contributed by atoms with Crippen molar-refractivity contribution in [3.63, 3.8) is 0 Å². The first kappa shape index (κ1) is 16.0. The highest BCUT2D eigenvalue weighted by atomic mass is 79.9. The Balaban J connectivity index is 1.89. The molecule has 1 unspecified atom stereocenters. The zero-order valence-electron chi connectivity index (χ0n) is 12.6. The molecule has 1 aromatic rings. The highest BCUT2D eigenvalue weighted by Crippen LogP contribution is 2.55. The van der Waals surface area contributed by atoms with Gasteiger partial charge in [-0.15, -0.1) is 0 Å². The second-order valence-electron chi connectivity index (χ2n) is 6.61. The highest BCUT2D eigenvalue weighted by Gasteiger charge is 2.50. The number of carbonyl (C=O) groups is 1. The van der Waals surface area contributed by atoms with Crippen molar-refractivity contribution in [3.05, 3.63) is 34.3 Å². The van der Waals surface area contributed by atoms with Gasteiger partial charge in [-0.1, -0.05) is 28.1 Å². The predicted octanol–water partition coefficient (Wildman–Crippen LogP) is 3.30. The Kier molecular flexibility index (Phi) is 4.57. The first-order valence-electron chi connectivity index (χ1n) is 7.86. The summed E-state index contributed by atoms with van der Waals surface area (Å²) in [5, 5.41) is 12.5. The fraction of sp³-hybridized carbons (Fsp3) is 0.588. The minimum absolute atomic E-state index is 0.235. The zero-order chi connectivity index (χ0) is 15.6. The van der Waals surface area contributed by atoms with Crippen LogP contribution >= 0.6 is 15.9 Å². The number of hydrogen-bond acceptors (Lipinski definition) is 3. The Bertz CT molecular complexity index is 557. The number of benzene rings is 1. The Morgan fingerprint density at radius 3 is 2.73 bits per heavy atom. The Morgan fingerprint density at radius 2 is 2.05 bits per heavy atom. The maximum atomic E-state index is 11.0. The third kappa shape index (κ3) is 3.21. The second kappa shape index (κ2) is 6.30. The number of rotatable bonds is 4. The smallest absolute Gasteiger partial charge is 0.329 e. The number of halogens is 1. The molecule has 1 aliphatic carbocycles. The quantitative estimate of drug-likeness (QED) is 0.856. The van der Waals surface area contributed by atoms with Crippen molar-refractivity contribution in [2.45, 2.75) is 37.7 Å². The van der Waals surface area contributed by atoms with E-state index in [-0.39, 0.29) is 6.61 Å². The van der Waals surface area contributed by atoms with Crippen molar-refractivity contribution < 1.29 is 14.6 Å². The van der Waals surface area contributed by atoms with E-state index in [0.717, 1.165) is 55.2 Å². The molecule has 22 heavy (non-hydrogen) atoms. The van der Waals surface area contributed by atoms with Gasteiger partial charge in [0.1, 0.15) is 6.61 Å². The lowest BCUT2D eigenvalue weighted by Gasteiger charge is -2.37.